The molecule has 3 aromatic carbocycles. The van der Waals surface area contributed by atoms with Gasteiger partial charge in [0.15, 0.2) is 0 Å². The van der Waals surface area contributed by atoms with E-state index in [0.717, 1.165) is 35.7 Å². The number of carbonyl (C=O) groups is 1. The number of anilines is 2. The van der Waals surface area contributed by atoms with Crippen molar-refractivity contribution in [2.24, 2.45) is 0 Å². The number of nitrogens with one attached hydrogen (secondary N) is 1. The van der Waals surface area contributed by atoms with Crippen molar-refractivity contribution in [3.05, 3.63) is 90.0 Å². The molecule has 4 nitrogen and oxygen atoms in total. The van der Waals surface area contributed by atoms with Gasteiger partial charge in [0, 0.05) is 11.4 Å². The van der Waals surface area contributed by atoms with Crippen molar-refractivity contribution >= 4 is 17.3 Å². The zero-order valence-corrected chi connectivity index (χ0v) is 16.7. The van der Waals surface area contributed by atoms with Crippen LogP contribution in [0.15, 0.2) is 78.9 Å². The Hall–Kier alpha value is -3.27. The first kappa shape index (κ1) is 19.1. The van der Waals surface area contributed by atoms with Crippen LogP contribution in [-0.4, -0.2) is 12.5 Å². The Bertz CT molecular complexity index is 954. The van der Waals surface area contributed by atoms with Gasteiger partial charge in [0.05, 0.1) is 12.2 Å². The fourth-order valence-corrected chi connectivity index (χ4v) is 3.63. The van der Waals surface area contributed by atoms with Gasteiger partial charge in [-0.2, -0.15) is 0 Å². The van der Waals surface area contributed by atoms with Gasteiger partial charge in [-0.25, -0.2) is 0 Å². The average Bonchev–Trinajstić information content (AvgIpc) is 2.78. The highest BCUT2D eigenvalue weighted by Crippen LogP contribution is 2.37. The summed E-state index contributed by atoms with van der Waals surface area (Å²) < 4.78 is 5.83. The zero-order chi connectivity index (χ0) is 20.1. The summed E-state index contributed by atoms with van der Waals surface area (Å²) in [6.45, 7) is 2.90. The molecule has 1 amide bonds. The van der Waals surface area contributed by atoms with Gasteiger partial charge in [0.1, 0.15) is 11.9 Å². The van der Waals surface area contributed by atoms with Gasteiger partial charge < -0.3 is 10.1 Å². The Morgan fingerprint density at radius 2 is 1.62 bits per heavy atom. The van der Waals surface area contributed by atoms with E-state index in [9.17, 15) is 4.79 Å². The van der Waals surface area contributed by atoms with E-state index in [1.54, 1.807) is 0 Å². The number of para-hydroxylation sites is 1. The number of carbonyl (C=O) groups excluding carboxylic acids is 1. The third kappa shape index (κ3) is 4.11. The smallest absolute Gasteiger partial charge is 0.262 e. The quantitative estimate of drug-likeness (QED) is 0.504. The van der Waals surface area contributed by atoms with Crippen molar-refractivity contribution in [3.8, 4) is 5.75 Å². The molecule has 4 rings (SSSR count). The lowest BCUT2D eigenvalue weighted by Gasteiger charge is -2.38. The largest absolute Gasteiger partial charge is 0.494 e. The van der Waals surface area contributed by atoms with Crippen LogP contribution < -0.4 is 15.0 Å². The van der Waals surface area contributed by atoms with Gasteiger partial charge in [-0.05, 0) is 48.4 Å². The van der Waals surface area contributed by atoms with Gasteiger partial charge >= 0.3 is 0 Å². The number of hydrogen-bond donors (Lipinski definition) is 1. The van der Waals surface area contributed by atoms with Gasteiger partial charge in [-0.1, -0.05) is 62.2 Å². The fraction of sp³-hybridized carbons (Fsp3) is 0.240. The van der Waals surface area contributed by atoms with Crippen molar-refractivity contribution in [2.45, 2.75) is 32.4 Å². The molecular weight excluding hydrogens is 360 g/mol. The minimum atomic E-state index is -0.269. The molecule has 1 N–H and O–H groups in total. The van der Waals surface area contributed by atoms with Crippen molar-refractivity contribution in [3.63, 3.8) is 0 Å². The number of fused-ring (bicyclic) bond motifs is 1. The van der Waals surface area contributed by atoms with E-state index in [-0.39, 0.29) is 12.1 Å². The van der Waals surface area contributed by atoms with Crippen LogP contribution in [0.2, 0.25) is 0 Å². The minimum Gasteiger partial charge on any atom is -0.494 e. The molecule has 4 heteroatoms. The highest BCUT2D eigenvalue weighted by molar-refractivity contribution is 6.12. The Balaban J connectivity index is 1.63. The number of unbranched alkanes of at least 4 members (excludes halogenated alkanes) is 2. The van der Waals surface area contributed by atoms with Crippen molar-refractivity contribution < 1.29 is 9.53 Å². The van der Waals surface area contributed by atoms with Gasteiger partial charge in [0.25, 0.3) is 5.91 Å². The number of nitrogens with zero attached hydrogens (tertiary/aromatic N) is 1. The van der Waals surface area contributed by atoms with E-state index in [1.807, 2.05) is 83.8 Å². The number of hydrogen-bond acceptors (Lipinski definition) is 3. The number of benzene rings is 3. The molecule has 0 fully saturated rings. The highest BCUT2D eigenvalue weighted by atomic mass is 16.5. The second kappa shape index (κ2) is 8.82. The summed E-state index contributed by atoms with van der Waals surface area (Å²) in [7, 11) is 0. The first-order valence-electron chi connectivity index (χ1n) is 10.2. The maximum atomic E-state index is 13.4. The van der Waals surface area contributed by atoms with Gasteiger partial charge in [-0.3, -0.25) is 9.69 Å². The second-order valence-corrected chi connectivity index (χ2v) is 7.23. The van der Waals surface area contributed by atoms with Crippen LogP contribution in [-0.2, 0) is 0 Å². The third-order valence-corrected chi connectivity index (χ3v) is 5.17. The number of ether oxygens (including phenoxy) is 1. The Labute approximate surface area is 172 Å². The van der Waals surface area contributed by atoms with Crippen molar-refractivity contribution in [1.82, 2.24) is 0 Å². The van der Waals surface area contributed by atoms with Crippen molar-refractivity contribution in [2.75, 3.05) is 16.8 Å². The molecule has 3 aromatic rings. The fourth-order valence-electron chi connectivity index (χ4n) is 3.63. The Morgan fingerprint density at radius 3 is 2.38 bits per heavy atom. The molecule has 0 radical (unpaired) electrons. The predicted octanol–water partition coefficient (Wildman–Crippen LogP) is 6.03. The van der Waals surface area contributed by atoms with Crippen LogP contribution >= 0.6 is 0 Å². The standard InChI is InChI=1S/C25H26N2O2/c1-2-3-9-18-29-21-16-14-20(15-17-21)27-24(19-10-5-4-6-11-19)26-23-13-8-7-12-22(23)25(27)28/h4-8,10-17,24,26H,2-3,9,18H2,1H3/t24-/m1/s1. The summed E-state index contributed by atoms with van der Waals surface area (Å²) in [6, 6.07) is 25.5. The van der Waals surface area contributed by atoms with Crippen molar-refractivity contribution in [1.29, 1.82) is 0 Å². The monoisotopic (exact) mass is 386 g/mol. The summed E-state index contributed by atoms with van der Waals surface area (Å²) in [5.41, 5.74) is 3.42. The average molecular weight is 386 g/mol. The Morgan fingerprint density at radius 1 is 0.897 bits per heavy atom. The van der Waals surface area contributed by atoms with Crippen LogP contribution in [0.25, 0.3) is 0 Å². The normalized spacial score (nSPS) is 15.6. The van der Waals surface area contributed by atoms with Crippen LogP contribution in [0.3, 0.4) is 0 Å². The highest BCUT2D eigenvalue weighted by Gasteiger charge is 2.33. The summed E-state index contributed by atoms with van der Waals surface area (Å²) in [4.78, 5) is 15.2. The molecule has 0 unspecified atom stereocenters. The third-order valence-electron chi connectivity index (χ3n) is 5.17. The lowest BCUT2D eigenvalue weighted by molar-refractivity contribution is 0.0975. The lowest BCUT2D eigenvalue weighted by Crippen LogP contribution is -2.43. The molecule has 0 aliphatic carbocycles. The molecule has 0 saturated carbocycles. The molecule has 0 saturated heterocycles. The van der Waals surface area contributed by atoms with E-state index in [2.05, 4.69) is 12.2 Å². The number of rotatable bonds is 7. The van der Waals surface area contributed by atoms with Crippen LogP contribution in [0.5, 0.6) is 5.75 Å². The summed E-state index contributed by atoms with van der Waals surface area (Å²) in [5.74, 6) is 0.823. The Kier molecular flexibility index (Phi) is 5.80. The van der Waals surface area contributed by atoms with Crippen LogP contribution in [0.4, 0.5) is 11.4 Å². The molecule has 0 bridgehead atoms. The van der Waals surface area contributed by atoms with Gasteiger partial charge in [0.2, 0.25) is 0 Å². The second-order valence-electron chi connectivity index (χ2n) is 7.23. The molecule has 1 aliphatic rings. The first-order valence-corrected chi connectivity index (χ1v) is 10.2. The maximum Gasteiger partial charge on any atom is 0.262 e. The van der Waals surface area contributed by atoms with E-state index in [1.165, 1.54) is 12.8 Å². The topological polar surface area (TPSA) is 41.6 Å². The molecule has 1 heterocycles. The maximum absolute atomic E-state index is 13.4. The molecular formula is C25H26N2O2. The number of amides is 1. The SMILES string of the molecule is CCCCCOc1ccc(N2C(=O)c3ccccc3N[C@H]2c2ccccc2)cc1. The van der Waals surface area contributed by atoms with Crippen LogP contribution in [0, 0.1) is 0 Å². The van der Waals surface area contributed by atoms with E-state index in [4.69, 9.17) is 4.74 Å². The van der Waals surface area contributed by atoms with E-state index < -0.39 is 0 Å². The minimum absolute atomic E-state index is 0.00943. The van der Waals surface area contributed by atoms with E-state index >= 15 is 0 Å². The van der Waals surface area contributed by atoms with Gasteiger partial charge in [-0.15, -0.1) is 0 Å². The summed E-state index contributed by atoms with van der Waals surface area (Å²) >= 11 is 0. The lowest BCUT2D eigenvalue weighted by atomic mass is 10.0. The molecule has 0 aromatic heterocycles. The molecule has 0 spiro atoms. The first-order chi connectivity index (χ1) is 14.3. The molecule has 1 aliphatic heterocycles. The zero-order valence-electron chi connectivity index (χ0n) is 16.7. The molecule has 29 heavy (non-hydrogen) atoms. The molecule has 1 atom stereocenters. The van der Waals surface area contributed by atoms with Crippen LogP contribution in [0.1, 0.15) is 48.3 Å². The summed E-state index contributed by atoms with van der Waals surface area (Å²) in [5, 5.41) is 3.53. The summed E-state index contributed by atoms with van der Waals surface area (Å²) in [6.07, 6.45) is 3.13. The predicted molar refractivity (Wildman–Crippen MR) is 118 cm³/mol. The molecule has 148 valence electrons. The van der Waals surface area contributed by atoms with E-state index in [0.29, 0.717) is 5.56 Å².